The highest BCUT2D eigenvalue weighted by molar-refractivity contribution is 7.99. The molecule has 1 heterocycles. The molecule has 1 unspecified atom stereocenters. The Morgan fingerprint density at radius 2 is 2.14 bits per heavy atom. The number of hydrogen-bond acceptors (Lipinski definition) is 4. The third kappa shape index (κ3) is 3.08. The van der Waals surface area contributed by atoms with Crippen LogP contribution in [-0.4, -0.2) is 25.6 Å². The second kappa shape index (κ2) is 5.73. The first-order valence-corrected chi connectivity index (χ1v) is 7.70. The van der Waals surface area contributed by atoms with Gasteiger partial charge in [-0.2, -0.15) is 0 Å². The number of thioether (sulfide) groups is 1. The van der Waals surface area contributed by atoms with E-state index in [0.717, 1.165) is 36.9 Å². The summed E-state index contributed by atoms with van der Waals surface area (Å²) in [7, 11) is 1.88. The molecule has 0 spiro atoms. The van der Waals surface area contributed by atoms with Crippen LogP contribution in [-0.2, 0) is 7.05 Å². The summed E-state index contributed by atoms with van der Waals surface area (Å²) in [6.07, 6.45) is 1.17. The highest BCUT2D eigenvalue weighted by Crippen LogP contribution is 2.39. The monoisotopic (exact) mass is 311 g/mol. The van der Waals surface area contributed by atoms with Crippen LogP contribution in [0.4, 0.5) is 8.78 Å². The molecule has 0 radical (unpaired) electrons. The molecule has 21 heavy (non-hydrogen) atoms. The zero-order chi connectivity index (χ0) is 15.0. The van der Waals surface area contributed by atoms with Gasteiger partial charge in [-0.05, 0) is 31.0 Å². The summed E-state index contributed by atoms with van der Waals surface area (Å²) in [5.41, 5.74) is -0.0351. The molecule has 0 saturated heterocycles. The molecule has 1 aromatic heterocycles. The van der Waals surface area contributed by atoms with E-state index in [1.807, 2.05) is 11.6 Å². The number of aliphatic hydroxyl groups excluding tert-OH is 1. The average molecular weight is 311 g/mol. The Kier molecular flexibility index (Phi) is 3.95. The predicted octanol–water partition coefficient (Wildman–Crippen LogP) is 2.80. The highest BCUT2D eigenvalue weighted by atomic mass is 32.2. The van der Waals surface area contributed by atoms with Crippen molar-refractivity contribution in [2.45, 2.75) is 30.0 Å². The Bertz CT molecular complexity index is 658. The summed E-state index contributed by atoms with van der Waals surface area (Å²) in [4.78, 5) is 0. The number of halogens is 2. The molecule has 1 atom stereocenters. The van der Waals surface area contributed by atoms with E-state index >= 15 is 0 Å². The lowest BCUT2D eigenvalue weighted by Gasteiger charge is -2.11. The zero-order valence-corrected chi connectivity index (χ0v) is 12.3. The first kappa shape index (κ1) is 14.5. The Balaban J connectivity index is 1.68. The number of rotatable bonds is 5. The van der Waals surface area contributed by atoms with E-state index in [2.05, 4.69) is 10.2 Å². The lowest BCUT2D eigenvalue weighted by atomic mass is 10.1. The van der Waals surface area contributed by atoms with Gasteiger partial charge in [0.1, 0.15) is 17.5 Å². The second-order valence-corrected chi connectivity index (χ2v) is 6.15. The van der Waals surface area contributed by atoms with Crippen LogP contribution in [0.5, 0.6) is 0 Å². The summed E-state index contributed by atoms with van der Waals surface area (Å²) in [5.74, 6) is 0.453. The normalized spacial score (nSPS) is 16.2. The van der Waals surface area contributed by atoms with E-state index in [1.165, 1.54) is 11.8 Å². The molecule has 1 aromatic carbocycles. The standard InChI is InChI=1S/C14H15F2N3OS/c1-19-13(8-2-3-8)17-18-14(19)21-7-12(20)10-6-9(15)4-5-11(10)16/h4-6,8,12,20H,2-3,7H2,1H3. The van der Waals surface area contributed by atoms with Crippen molar-refractivity contribution < 1.29 is 13.9 Å². The van der Waals surface area contributed by atoms with E-state index in [9.17, 15) is 13.9 Å². The smallest absolute Gasteiger partial charge is 0.191 e. The van der Waals surface area contributed by atoms with Crippen LogP contribution >= 0.6 is 11.8 Å². The van der Waals surface area contributed by atoms with Crippen LogP contribution in [0.3, 0.4) is 0 Å². The number of hydrogen-bond donors (Lipinski definition) is 1. The quantitative estimate of drug-likeness (QED) is 0.863. The SMILES string of the molecule is Cn1c(SCC(O)c2cc(F)ccc2F)nnc1C1CC1. The minimum absolute atomic E-state index is 0.0351. The van der Waals surface area contributed by atoms with Crippen LogP contribution < -0.4 is 0 Å². The fourth-order valence-electron chi connectivity index (χ4n) is 2.16. The van der Waals surface area contributed by atoms with Crippen molar-refractivity contribution in [1.82, 2.24) is 14.8 Å². The molecule has 3 rings (SSSR count). The topological polar surface area (TPSA) is 50.9 Å². The second-order valence-electron chi connectivity index (χ2n) is 5.17. The van der Waals surface area contributed by atoms with Gasteiger partial charge in [0, 0.05) is 24.3 Å². The third-order valence-electron chi connectivity index (χ3n) is 3.50. The van der Waals surface area contributed by atoms with Crippen molar-refractivity contribution in [2.24, 2.45) is 7.05 Å². The molecule has 1 N–H and O–H groups in total. The van der Waals surface area contributed by atoms with Gasteiger partial charge in [-0.1, -0.05) is 11.8 Å². The molecular formula is C14H15F2N3OS. The summed E-state index contributed by atoms with van der Waals surface area (Å²) in [6, 6.07) is 3.07. The van der Waals surface area contributed by atoms with Gasteiger partial charge in [-0.3, -0.25) is 0 Å². The van der Waals surface area contributed by atoms with Crippen molar-refractivity contribution in [3.05, 3.63) is 41.2 Å². The molecule has 0 aliphatic heterocycles. The zero-order valence-electron chi connectivity index (χ0n) is 11.5. The molecule has 0 bridgehead atoms. The molecule has 1 fully saturated rings. The summed E-state index contributed by atoms with van der Waals surface area (Å²) >= 11 is 1.28. The maximum Gasteiger partial charge on any atom is 0.191 e. The molecule has 1 saturated carbocycles. The molecule has 1 aliphatic carbocycles. The summed E-state index contributed by atoms with van der Waals surface area (Å²) < 4.78 is 28.6. The molecular weight excluding hydrogens is 296 g/mol. The number of aliphatic hydroxyl groups is 1. The van der Waals surface area contributed by atoms with Gasteiger partial charge in [0.05, 0.1) is 6.10 Å². The highest BCUT2D eigenvalue weighted by Gasteiger charge is 2.29. The average Bonchev–Trinajstić information content (AvgIpc) is 3.23. The van der Waals surface area contributed by atoms with Gasteiger partial charge in [0.15, 0.2) is 5.16 Å². The van der Waals surface area contributed by atoms with Gasteiger partial charge in [0.2, 0.25) is 0 Å². The summed E-state index contributed by atoms with van der Waals surface area (Å²) in [5, 5.41) is 18.9. The Labute approximate surface area is 125 Å². The Hall–Kier alpha value is -1.47. The molecule has 7 heteroatoms. The van der Waals surface area contributed by atoms with E-state index < -0.39 is 17.7 Å². The predicted molar refractivity (Wildman–Crippen MR) is 75.0 cm³/mol. The maximum absolute atomic E-state index is 13.6. The van der Waals surface area contributed by atoms with E-state index in [4.69, 9.17) is 0 Å². The van der Waals surface area contributed by atoms with Crippen LogP contribution in [0.15, 0.2) is 23.4 Å². The minimum atomic E-state index is -1.09. The Morgan fingerprint density at radius 1 is 1.38 bits per heavy atom. The first-order chi connectivity index (χ1) is 10.1. The fourth-order valence-corrected chi connectivity index (χ4v) is 3.03. The van der Waals surface area contributed by atoms with Gasteiger partial charge in [-0.25, -0.2) is 8.78 Å². The number of nitrogens with zero attached hydrogens (tertiary/aromatic N) is 3. The molecule has 4 nitrogen and oxygen atoms in total. The lowest BCUT2D eigenvalue weighted by Crippen LogP contribution is -2.05. The minimum Gasteiger partial charge on any atom is -0.387 e. The van der Waals surface area contributed by atoms with Gasteiger partial charge in [-0.15, -0.1) is 10.2 Å². The molecule has 1 aliphatic rings. The van der Waals surface area contributed by atoms with E-state index in [-0.39, 0.29) is 11.3 Å². The van der Waals surface area contributed by atoms with Crippen molar-refractivity contribution >= 4 is 11.8 Å². The van der Waals surface area contributed by atoms with Crippen molar-refractivity contribution in [2.75, 3.05) is 5.75 Å². The van der Waals surface area contributed by atoms with Gasteiger partial charge in [0.25, 0.3) is 0 Å². The number of benzene rings is 1. The molecule has 112 valence electrons. The number of aromatic nitrogens is 3. The van der Waals surface area contributed by atoms with Crippen LogP contribution in [0, 0.1) is 11.6 Å². The van der Waals surface area contributed by atoms with Crippen LogP contribution in [0.2, 0.25) is 0 Å². The van der Waals surface area contributed by atoms with Crippen LogP contribution in [0.25, 0.3) is 0 Å². The van der Waals surface area contributed by atoms with E-state index in [0.29, 0.717) is 11.1 Å². The first-order valence-electron chi connectivity index (χ1n) is 6.71. The molecule has 0 amide bonds. The van der Waals surface area contributed by atoms with Crippen molar-refractivity contribution in [1.29, 1.82) is 0 Å². The lowest BCUT2D eigenvalue weighted by molar-refractivity contribution is 0.198. The molecule has 2 aromatic rings. The van der Waals surface area contributed by atoms with Crippen molar-refractivity contribution in [3.63, 3.8) is 0 Å². The third-order valence-corrected chi connectivity index (χ3v) is 4.59. The van der Waals surface area contributed by atoms with Crippen molar-refractivity contribution in [3.8, 4) is 0 Å². The van der Waals surface area contributed by atoms with Gasteiger partial charge < -0.3 is 9.67 Å². The van der Waals surface area contributed by atoms with E-state index in [1.54, 1.807) is 0 Å². The Morgan fingerprint density at radius 3 is 2.86 bits per heavy atom. The largest absolute Gasteiger partial charge is 0.387 e. The maximum atomic E-state index is 13.6. The van der Waals surface area contributed by atoms with Gasteiger partial charge >= 0.3 is 0 Å². The fraction of sp³-hybridized carbons (Fsp3) is 0.429. The summed E-state index contributed by atoms with van der Waals surface area (Å²) in [6.45, 7) is 0. The van der Waals surface area contributed by atoms with Crippen LogP contribution in [0.1, 0.15) is 36.3 Å².